The van der Waals surface area contributed by atoms with Crippen LogP contribution in [0.25, 0.3) is 0 Å². The predicted molar refractivity (Wildman–Crippen MR) is 68.0 cm³/mol. The van der Waals surface area contributed by atoms with Crippen molar-refractivity contribution in [1.82, 2.24) is 4.90 Å². The lowest BCUT2D eigenvalue weighted by molar-refractivity contribution is 0.0903. The van der Waals surface area contributed by atoms with E-state index in [9.17, 15) is 10.2 Å². The van der Waals surface area contributed by atoms with Crippen molar-refractivity contribution >= 4 is 11.6 Å². The van der Waals surface area contributed by atoms with Crippen molar-refractivity contribution in [3.63, 3.8) is 0 Å². The fourth-order valence-electron chi connectivity index (χ4n) is 2.47. The normalized spacial score (nSPS) is 25.4. The lowest BCUT2D eigenvalue weighted by atomic mass is 10.2. The lowest BCUT2D eigenvalue weighted by Gasteiger charge is -2.28. The summed E-state index contributed by atoms with van der Waals surface area (Å²) in [5.41, 5.74) is 1.16. The topological polar surface area (TPSA) is 43.7 Å². The maximum atomic E-state index is 9.33. The number of aliphatic hydroxyl groups is 2. The summed E-state index contributed by atoms with van der Waals surface area (Å²) in [7, 11) is 0. The van der Waals surface area contributed by atoms with Gasteiger partial charge in [-0.15, -0.1) is 0 Å². The van der Waals surface area contributed by atoms with Gasteiger partial charge in [0.25, 0.3) is 0 Å². The van der Waals surface area contributed by atoms with Crippen LogP contribution >= 0.6 is 11.6 Å². The minimum Gasteiger partial charge on any atom is -0.395 e. The number of aliphatic hydroxyl groups excluding tert-OH is 2. The summed E-state index contributed by atoms with van der Waals surface area (Å²) in [6.07, 6.45) is 1.91. The number of hydrogen-bond donors (Lipinski definition) is 2. The van der Waals surface area contributed by atoms with E-state index >= 15 is 0 Å². The number of likely N-dealkylation sites (tertiary alicyclic amines) is 1. The molecule has 17 heavy (non-hydrogen) atoms. The maximum Gasteiger partial charge on any atom is 0.0587 e. The van der Waals surface area contributed by atoms with Crippen molar-refractivity contribution in [2.24, 2.45) is 0 Å². The van der Waals surface area contributed by atoms with Crippen LogP contribution in [-0.4, -0.2) is 40.4 Å². The number of benzene rings is 1. The summed E-state index contributed by atoms with van der Waals surface area (Å²) < 4.78 is 0. The van der Waals surface area contributed by atoms with Gasteiger partial charge in [-0.3, -0.25) is 4.90 Å². The van der Waals surface area contributed by atoms with E-state index < -0.39 is 0 Å². The molecule has 1 saturated heterocycles. The van der Waals surface area contributed by atoms with Crippen molar-refractivity contribution in [3.05, 3.63) is 34.9 Å². The van der Waals surface area contributed by atoms with Gasteiger partial charge in [0.1, 0.15) is 0 Å². The highest BCUT2D eigenvalue weighted by atomic mass is 35.5. The predicted octanol–water partition coefficient (Wildman–Crippen LogP) is 1.66. The molecule has 1 aliphatic heterocycles. The molecule has 0 saturated carbocycles. The number of hydrogen-bond acceptors (Lipinski definition) is 3. The van der Waals surface area contributed by atoms with Crippen LogP contribution in [0.1, 0.15) is 18.4 Å². The van der Waals surface area contributed by atoms with Crippen LogP contribution in [0.2, 0.25) is 5.02 Å². The molecule has 4 heteroatoms. The molecule has 94 valence electrons. The highest BCUT2D eigenvalue weighted by molar-refractivity contribution is 6.30. The third-order valence-corrected chi connectivity index (χ3v) is 3.72. The van der Waals surface area contributed by atoms with Crippen molar-refractivity contribution in [3.8, 4) is 0 Å². The van der Waals surface area contributed by atoms with Crippen LogP contribution in [0.5, 0.6) is 0 Å². The number of halogens is 1. The lowest BCUT2D eigenvalue weighted by Crippen LogP contribution is -2.39. The first-order valence-electron chi connectivity index (χ1n) is 5.96. The molecule has 1 heterocycles. The van der Waals surface area contributed by atoms with E-state index in [-0.39, 0.29) is 25.3 Å². The summed E-state index contributed by atoms with van der Waals surface area (Å²) in [6, 6.07) is 8.06. The van der Waals surface area contributed by atoms with Crippen molar-refractivity contribution in [2.75, 3.05) is 13.2 Å². The zero-order valence-corrected chi connectivity index (χ0v) is 10.5. The van der Waals surface area contributed by atoms with Gasteiger partial charge in [0.15, 0.2) is 0 Å². The average Bonchev–Trinajstić information content (AvgIpc) is 2.74. The van der Waals surface area contributed by atoms with E-state index in [2.05, 4.69) is 4.90 Å². The Balaban J connectivity index is 2.07. The van der Waals surface area contributed by atoms with E-state index in [0.29, 0.717) is 0 Å². The summed E-state index contributed by atoms with van der Waals surface area (Å²) >= 11 is 5.85. The molecule has 0 bridgehead atoms. The van der Waals surface area contributed by atoms with Gasteiger partial charge in [0, 0.05) is 23.7 Å². The van der Waals surface area contributed by atoms with Gasteiger partial charge in [0.2, 0.25) is 0 Å². The molecule has 2 N–H and O–H groups in total. The quantitative estimate of drug-likeness (QED) is 0.860. The first kappa shape index (κ1) is 12.8. The second-order valence-electron chi connectivity index (χ2n) is 4.55. The Labute approximate surface area is 107 Å². The average molecular weight is 256 g/mol. The van der Waals surface area contributed by atoms with Crippen LogP contribution < -0.4 is 0 Å². The second-order valence-corrected chi connectivity index (χ2v) is 4.99. The summed E-state index contributed by atoms with van der Waals surface area (Å²) in [4.78, 5) is 2.18. The Bertz CT molecular complexity index is 343. The molecule has 1 aromatic carbocycles. The van der Waals surface area contributed by atoms with Gasteiger partial charge in [0.05, 0.1) is 13.2 Å². The number of rotatable bonds is 4. The SMILES string of the molecule is OC[C@@H]1CC[C@H](CO)N1Cc1ccc(Cl)cc1. The molecule has 3 nitrogen and oxygen atoms in total. The van der Waals surface area contributed by atoms with E-state index in [4.69, 9.17) is 11.6 Å². The Hall–Kier alpha value is -0.610. The smallest absolute Gasteiger partial charge is 0.0587 e. The van der Waals surface area contributed by atoms with Gasteiger partial charge in [-0.25, -0.2) is 0 Å². The van der Waals surface area contributed by atoms with Gasteiger partial charge in [-0.05, 0) is 30.5 Å². The first-order valence-corrected chi connectivity index (χ1v) is 6.34. The molecule has 2 atom stereocenters. The van der Waals surface area contributed by atoms with Crippen molar-refractivity contribution in [2.45, 2.75) is 31.5 Å². The van der Waals surface area contributed by atoms with E-state index in [1.165, 1.54) is 0 Å². The molecule has 0 unspecified atom stereocenters. The molecule has 0 radical (unpaired) electrons. The molecule has 2 rings (SSSR count). The molecule has 1 fully saturated rings. The zero-order valence-electron chi connectivity index (χ0n) is 9.72. The summed E-state index contributed by atoms with van der Waals surface area (Å²) in [6.45, 7) is 1.07. The molecule has 0 amide bonds. The third-order valence-electron chi connectivity index (χ3n) is 3.47. The minimum atomic E-state index is 0.157. The maximum absolute atomic E-state index is 9.33. The minimum absolute atomic E-state index is 0.157. The standard InChI is InChI=1S/C13H18ClNO2/c14-11-3-1-10(2-4-11)7-15-12(8-16)5-6-13(15)9-17/h1-4,12-13,16-17H,5-9H2/t12-,13+. The molecule has 0 aromatic heterocycles. The molecule has 1 aromatic rings. The Morgan fingerprint density at radius 3 is 2.06 bits per heavy atom. The third kappa shape index (κ3) is 2.99. The van der Waals surface area contributed by atoms with E-state index in [1.807, 2.05) is 24.3 Å². The van der Waals surface area contributed by atoms with Gasteiger partial charge >= 0.3 is 0 Å². The van der Waals surface area contributed by atoms with Crippen molar-refractivity contribution < 1.29 is 10.2 Å². The summed E-state index contributed by atoms with van der Waals surface area (Å²) in [5.74, 6) is 0. The fourth-order valence-corrected chi connectivity index (χ4v) is 2.59. The molecule has 0 aliphatic carbocycles. The van der Waals surface area contributed by atoms with Crippen LogP contribution in [-0.2, 0) is 6.54 Å². The van der Waals surface area contributed by atoms with Crippen LogP contribution in [0.4, 0.5) is 0 Å². The Kier molecular flexibility index (Phi) is 4.40. The number of nitrogens with zero attached hydrogens (tertiary/aromatic N) is 1. The molecular formula is C13H18ClNO2. The van der Waals surface area contributed by atoms with Crippen LogP contribution in [0.15, 0.2) is 24.3 Å². The fraction of sp³-hybridized carbons (Fsp3) is 0.538. The van der Waals surface area contributed by atoms with E-state index in [0.717, 1.165) is 30.0 Å². The van der Waals surface area contributed by atoms with Crippen molar-refractivity contribution in [1.29, 1.82) is 0 Å². The van der Waals surface area contributed by atoms with E-state index in [1.54, 1.807) is 0 Å². The van der Waals surface area contributed by atoms with Gasteiger partial charge in [-0.2, -0.15) is 0 Å². The van der Waals surface area contributed by atoms with Gasteiger partial charge < -0.3 is 10.2 Å². The second kappa shape index (κ2) is 5.83. The molecular weight excluding hydrogens is 238 g/mol. The zero-order chi connectivity index (χ0) is 12.3. The monoisotopic (exact) mass is 255 g/mol. The first-order chi connectivity index (χ1) is 8.24. The molecule has 0 spiro atoms. The highest BCUT2D eigenvalue weighted by Gasteiger charge is 2.32. The Morgan fingerprint density at radius 2 is 1.59 bits per heavy atom. The van der Waals surface area contributed by atoms with Crippen LogP contribution in [0.3, 0.4) is 0 Å². The highest BCUT2D eigenvalue weighted by Crippen LogP contribution is 2.26. The Morgan fingerprint density at radius 1 is 1.06 bits per heavy atom. The van der Waals surface area contributed by atoms with Gasteiger partial charge in [-0.1, -0.05) is 23.7 Å². The summed E-state index contributed by atoms with van der Waals surface area (Å²) in [5, 5.41) is 19.4. The molecule has 1 aliphatic rings. The van der Waals surface area contributed by atoms with Crippen LogP contribution in [0, 0.1) is 0 Å². The largest absolute Gasteiger partial charge is 0.395 e.